The number of aromatic nitrogens is 2. The molecule has 8 rings (SSSR count). The van der Waals surface area contributed by atoms with Crippen LogP contribution in [0.25, 0.3) is 0 Å². The summed E-state index contributed by atoms with van der Waals surface area (Å²) in [6.07, 6.45) is 3.13. The molecule has 4 aromatic rings. The highest BCUT2D eigenvalue weighted by Crippen LogP contribution is 2.44. The molecule has 1 aromatic heterocycles. The standard InChI is InChI=1S/C44H47Cl2N11O8/c1-53(44(63)52-40-38(45)31(64-2)21-32(65-3)39(40)46)34-22-33(48-24-49-34)50-25-7-9-26(10-8-25)54-17-19-55(20-18-54)27-13-15-56(16-14-27)36(59)23-47-29-6-4-5-28-37(29)43(62)57(42(28)61)30-11-12-35(58)51-41(30)60/h4-10,21-22,24,27,30,47H,11-20,23H2,1-3H3,(H,52,63)(H,48,49,50)(H,51,58,60). The first-order chi connectivity index (χ1) is 31.3. The van der Waals surface area contributed by atoms with E-state index >= 15 is 0 Å². The van der Waals surface area contributed by atoms with Crippen molar-refractivity contribution in [3.05, 3.63) is 82.1 Å². The highest BCUT2D eigenvalue weighted by atomic mass is 35.5. The van der Waals surface area contributed by atoms with Gasteiger partial charge in [0.15, 0.2) is 0 Å². The second-order valence-corrected chi connectivity index (χ2v) is 16.6. The van der Waals surface area contributed by atoms with Crippen molar-refractivity contribution in [3.63, 3.8) is 0 Å². The number of hydrogen-bond acceptors (Lipinski definition) is 14. The normalized spacial score (nSPS) is 18.0. The number of anilines is 6. The number of hydrogen-bond donors (Lipinski definition) is 4. The monoisotopic (exact) mass is 927 g/mol. The number of ether oxygens (including phenoxy) is 2. The molecule has 3 saturated heterocycles. The number of rotatable bonds is 12. The first-order valence-corrected chi connectivity index (χ1v) is 21.8. The van der Waals surface area contributed by atoms with Gasteiger partial charge in [0, 0.05) is 88.0 Å². The predicted molar refractivity (Wildman–Crippen MR) is 244 cm³/mol. The highest BCUT2D eigenvalue weighted by Gasteiger charge is 2.45. The number of amides is 7. The number of imide groups is 2. The van der Waals surface area contributed by atoms with Crippen LogP contribution in [0.3, 0.4) is 0 Å². The van der Waals surface area contributed by atoms with Crippen molar-refractivity contribution < 1.29 is 38.2 Å². The van der Waals surface area contributed by atoms with E-state index in [4.69, 9.17) is 32.7 Å². The molecule has 0 aliphatic carbocycles. The number of urea groups is 1. The number of carbonyl (C=O) groups is 6. The third-order valence-corrected chi connectivity index (χ3v) is 12.9. The molecule has 1 atom stereocenters. The molecule has 3 aromatic carbocycles. The topological polar surface area (TPSA) is 211 Å². The summed E-state index contributed by atoms with van der Waals surface area (Å²) in [5.41, 5.74) is 2.65. The largest absolute Gasteiger partial charge is 0.495 e. The van der Waals surface area contributed by atoms with Crippen LogP contribution in [0, 0.1) is 0 Å². The minimum Gasteiger partial charge on any atom is -0.495 e. The van der Waals surface area contributed by atoms with E-state index < -0.39 is 35.7 Å². The number of methoxy groups -OCH3 is 2. The molecule has 0 radical (unpaired) electrons. The summed E-state index contributed by atoms with van der Waals surface area (Å²) in [7, 11) is 4.44. The maximum absolute atomic E-state index is 13.5. The van der Waals surface area contributed by atoms with Crippen LogP contribution in [0.2, 0.25) is 10.0 Å². The van der Waals surface area contributed by atoms with Gasteiger partial charge in [-0.05, 0) is 55.7 Å². The molecule has 0 bridgehead atoms. The molecule has 4 aliphatic heterocycles. The Labute approximate surface area is 384 Å². The van der Waals surface area contributed by atoms with Crippen molar-refractivity contribution >= 4 is 93.2 Å². The van der Waals surface area contributed by atoms with Crippen molar-refractivity contribution in [3.8, 4) is 11.5 Å². The number of fused-ring (bicyclic) bond motifs is 1. The Morgan fingerprint density at radius 1 is 0.862 bits per heavy atom. The van der Waals surface area contributed by atoms with E-state index in [0.29, 0.717) is 36.5 Å². The van der Waals surface area contributed by atoms with Gasteiger partial charge in [-0.2, -0.15) is 0 Å². The molecule has 1 unspecified atom stereocenters. The Balaban J connectivity index is 0.787. The number of likely N-dealkylation sites (tertiary alicyclic amines) is 1. The Kier molecular flexibility index (Phi) is 13.2. The molecular formula is C44H47Cl2N11O8. The number of carbonyl (C=O) groups excluding carboxylic acids is 6. The minimum atomic E-state index is -1.07. The van der Waals surface area contributed by atoms with Crippen LogP contribution in [0.15, 0.2) is 60.9 Å². The summed E-state index contributed by atoms with van der Waals surface area (Å²) in [4.78, 5) is 94.9. The fourth-order valence-corrected chi connectivity index (χ4v) is 9.16. The lowest BCUT2D eigenvalue weighted by Crippen LogP contribution is -2.54. The molecule has 340 valence electrons. The first-order valence-electron chi connectivity index (χ1n) is 21.0. The highest BCUT2D eigenvalue weighted by molar-refractivity contribution is 6.41. The molecule has 4 aliphatic rings. The number of piperidine rings is 2. The van der Waals surface area contributed by atoms with Gasteiger partial charge in [-0.1, -0.05) is 29.3 Å². The van der Waals surface area contributed by atoms with E-state index in [2.05, 4.69) is 53.2 Å². The van der Waals surface area contributed by atoms with E-state index in [1.165, 1.54) is 37.6 Å². The fraction of sp³-hybridized carbons (Fsp3) is 0.364. The summed E-state index contributed by atoms with van der Waals surface area (Å²) >= 11 is 12.9. The third-order valence-electron chi connectivity index (χ3n) is 12.2. The zero-order valence-corrected chi connectivity index (χ0v) is 37.4. The molecule has 21 heteroatoms. The van der Waals surface area contributed by atoms with Crippen LogP contribution < -0.4 is 40.5 Å². The fourth-order valence-electron chi connectivity index (χ4n) is 8.56. The maximum atomic E-state index is 13.5. The number of nitrogens with one attached hydrogen (secondary N) is 4. The Bertz CT molecular complexity index is 2500. The van der Waals surface area contributed by atoms with Crippen LogP contribution in [-0.2, 0) is 14.4 Å². The van der Waals surface area contributed by atoms with E-state index in [0.717, 1.165) is 55.3 Å². The number of piperazine rings is 1. The van der Waals surface area contributed by atoms with Crippen LogP contribution in [0.1, 0.15) is 46.4 Å². The van der Waals surface area contributed by atoms with Gasteiger partial charge in [-0.25, -0.2) is 14.8 Å². The molecule has 19 nitrogen and oxygen atoms in total. The SMILES string of the molecule is COc1cc(OC)c(Cl)c(NC(=O)N(C)c2cc(Nc3ccc(N4CCN(C5CCN(C(=O)CNc6cccc7c6C(=O)N(C6CCC(=O)NC6=O)C7=O)CC5)CC4)cc3)ncn2)c1Cl. The smallest absolute Gasteiger partial charge is 0.327 e. The quantitative estimate of drug-likeness (QED) is 0.140. The second-order valence-electron chi connectivity index (χ2n) is 15.9. The Morgan fingerprint density at radius 2 is 1.55 bits per heavy atom. The van der Waals surface area contributed by atoms with Crippen LogP contribution >= 0.6 is 23.2 Å². The van der Waals surface area contributed by atoms with Crippen molar-refractivity contribution in [2.45, 2.75) is 37.8 Å². The van der Waals surface area contributed by atoms with Crippen molar-refractivity contribution in [1.29, 1.82) is 0 Å². The predicted octanol–water partition coefficient (Wildman–Crippen LogP) is 4.84. The average molecular weight is 929 g/mol. The minimum absolute atomic E-state index is 0.0316. The summed E-state index contributed by atoms with van der Waals surface area (Å²) in [5, 5.41) is 11.5. The molecule has 4 N–H and O–H groups in total. The molecule has 5 heterocycles. The second kappa shape index (κ2) is 19.2. The molecule has 65 heavy (non-hydrogen) atoms. The average Bonchev–Trinajstić information content (AvgIpc) is 3.58. The van der Waals surface area contributed by atoms with Gasteiger partial charge in [0.25, 0.3) is 11.8 Å². The molecule has 0 saturated carbocycles. The van der Waals surface area contributed by atoms with Crippen molar-refractivity contribution in [1.82, 2.24) is 30.0 Å². The Hall–Kier alpha value is -6.70. The maximum Gasteiger partial charge on any atom is 0.327 e. The molecule has 0 spiro atoms. The van der Waals surface area contributed by atoms with Crippen LogP contribution in [0.5, 0.6) is 11.5 Å². The summed E-state index contributed by atoms with van der Waals surface area (Å²) in [6.45, 7) is 4.62. The lowest BCUT2D eigenvalue weighted by atomic mass is 10.0. The first kappa shape index (κ1) is 44.9. The van der Waals surface area contributed by atoms with E-state index in [1.54, 1.807) is 25.2 Å². The lowest BCUT2D eigenvalue weighted by Gasteiger charge is -2.43. The van der Waals surface area contributed by atoms with E-state index in [9.17, 15) is 28.8 Å². The van der Waals surface area contributed by atoms with Gasteiger partial charge in [0.2, 0.25) is 17.7 Å². The zero-order chi connectivity index (χ0) is 45.9. The van der Waals surface area contributed by atoms with Gasteiger partial charge < -0.3 is 35.2 Å². The van der Waals surface area contributed by atoms with Gasteiger partial charge in [-0.3, -0.25) is 44.0 Å². The van der Waals surface area contributed by atoms with Gasteiger partial charge in [0.1, 0.15) is 45.5 Å². The summed E-state index contributed by atoms with van der Waals surface area (Å²) in [6, 6.07) is 14.7. The summed E-state index contributed by atoms with van der Waals surface area (Å²) in [5.74, 6) is -1.09. The van der Waals surface area contributed by atoms with E-state index in [1.807, 2.05) is 17.0 Å². The molecular weight excluding hydrogens is 881 g/mol. The van der Waals surface area contributed by atoms with Crippen LogP contribution in [0.4, 0.5) is 39.2 Å². The zero-order valence-electron chi connectivity index (χ0n) is 35.9. The number of benzene rings is 3. The van der Waals surface area contributed by atoms with Crippen molar-refractivity contribution in [2.24, 2.45) is 0 Å². The van der Waals surface area contributed by atoms with Crippen molar-refractivity contribution in [2.75, 3.05) is 92.8 Å². The summed E-state index contributed by atoms with van der Waals surface area (Å²) < 4.78 is 10.6. The third kappa shape index (κ3) is 9.30. The van der Waals surface area contributed by atoms with Gasteiger partial charge >= 0.3 is 6.03 Å². The van der Waals surface area contributed by atoms with Gasteiger partial charge in [0.05, 0.1) is 37.6 Å². The molecule has 3 fully saturated rings. The Morgan fingerprint density at radius 3 is 2.22 bits per heavy atom. The lowest BCUT2D eigenvalue weighted by molar-refractivity contribution is -0.136. The van der Waals surface area contributed by atoms with E-state index in [-0.39, 0.29) is 63.7 Å². The van der Waals surface area contributed by atoms with Crippen LogP contribution in [-0.4, -0.2) is 139 Å². The number of nitrogens with zero attached hydrogens (tertiary/aromatic N) is 7. The molecule has 7 amide bonds. The van der Waals surface area contributed by atoms with Gasteiger partial charge in [-0.15, -0.1) is 0 Å². The number of halogens is 2.